The average Bonchev–Trinajstić information content (AvgIpc) is 2.72. The van der Waals surface area contributed by atoms with Crippen molar-refractivity contribution in [2.24, 2.45) is 10.4 Å². The molecule has 2 rings (SSSR count). The maximum Gasteiger partial charge on any atom is 0.330 e. The number of Topliss-reactive ketones (excluding diaryl/α,β-unsaturated/α-hetero) is 1. The zero-order valence-corrected chi connectivity index (χ0v) is 21.6. The van der Waals surface area contributed by atoms with Crippen molar-refractivity contribution in [2.45, 2.75) is 91.1 Å². The lowest BCUT2D eigenvalue weighted by molar-refractivity contribution is -0.301. The van der Waals surface area contributed by atoms with Crippen LogP contribution in [0.5, 0.6) is 0 Å². The Morgan fingerprint density at radius 3 is 2.08 bits per heavy atom. The normalized spacial score (nSPS) is 28.5. The number of aliphatic hydroxyl groups is 1. The van der Waals surface area contributed by atoms with E-state index in [0.29, 0.717) is 0 Å². The number of aliphatic imine (C=N–C) groups is 1. The molecule has 1 aliphatic carbocycles. The minimum absolute atomic E-state index is 0.0787. The molecule has 1 heterocycles. The molecule has 13 nitrogen and oxygen atoms in total. The molecule has 0 unspecified atom stereocenters. The molecule has 206 valence electrons. The summed E-state index contributed by atoms with van der Waals surface area (Å²) >= 11 is 0. The maximum atomic E-state index is 12.4. The van der Waals surface area contributed by atoms with Crippen molar-refractivity contribution >= 4 is 35.9 Å². The van der Waals surface area contributed by atoms with Crippen LogP contribution in [0.2, 0.25) is 0 Å². The van der Waals surface area contributed by atoms with Crippen LogP contribution in [0.4, 0.5) is 0 Å². The summed E-state index contributed by atoms with van der Waals surface area (Å²) in [7, 11) is 0. The van der Waals surface area contributed by atoms with Gasteiger partial charge in [-0.1, -0.05) is 13.8 Å². The summed E-state index contributed by atoms with van der Waals surface area (Å²) in [4.78, 5) is 63.2. The molecule has 0 amide bonds. The van der Waals surface area contributed by atoms with Gasteiger partial charge in [-0.05, 0) is 12.3 Å². The highest BCUT2D eigenvalue weighted by Crippen LogP contribution is 2.35. The van der Waals surface area contributed by atoms with Gasteiger partial charge in [0.25, 0.3) is 0 Å². The molecule has 37 heavy (non-hydrogen) atoms. The number of carboxylic acid groups (broad SMARTS) is 1. The Morgan fingerprint density at radius 2 is 1.57 bits per heavy atom. The molecule has 0 aromatic heterocycles. The quantitative estimate of drug-likeness (QED) is 0.249. The van der Waals surface area contributed by atoms with Crippen LogP contribution >= 0.6 is 0 Å². The third-order valence-corrected chi connectivity index (χ3v) is 5.62. The second-order valence-corrected chi connectivity index (χ2v) is 9.70. The lowest BCUT2D eigenvalue weighted by atomic mass is 9.77. The number of rotatable bonds is 9. The van der Waals surface area contributed by atoms with E-state index in [2.05, 4.69) is 4.99 Å². The molecule has 0 bridgehead atoms. The Hall–Kier alpha value is -3.32. The van der Waals surface area contributed by atoms with Crippen LogP contribution in [0.3, 0.4) is 0 Å². The second-order valence-electron chi connectivity index (χ2n) is 9.70. The number of hydrogen-bond acceptors (Lipinski definition) is 12. The largest absolute Gasteiger partial charge is 0.511 e. The van der Waals surface area contributed by atoms with Crippen molar-refractivity contribution < 1.29 is 57.9 Å². The summed E-state index contributed by atoms with van der Waals surface area (Å²) in [5, 5.41) is 19.9. The van der Waals surface area contributed by atoms with E-state index in [4.69, 9.17) is 23.7 Å². The zero-order valence-electron chi connectivity index (χ0n) is 21.6. The van der Waals surface area contributed by atoms with Crippen LogP contribution in [-0.2, 0) is 47.7 Å². The van der Waals surface area contributed by atoms with Gasteiger partial charge in [-0.2, -0.15) is 0 Å². The van der Waals surface area contributed by atoms with E-state index in [0.717, 1.165) is 27.0 Å². The summed E-state index contributed by atoms with van der Waals surface area (Å²) in [5.41, 5.74) is -0.512. The summed E-state index contributed by atoms with van der Waals surface area (Å²) in [6.45, 7) is 7.89. The van der Waals surface area contributed by atoms with Crippen molar-refractivity contribution in [3.8, 4) is 0 Å². The third kappa shape index (κ3) is 8.35. The first kappa shape index (κ1) is 29.9. The molecule has 1 aliphatic heterocycles. The molecular weight excluding hydrogens is 494 g/mol. The highest BCUT2D eigenvalue weighted by atomic mass is 16.7. The number of hydrogen-bond donors (Lipinski definition) is 2. The highest BCUT2D eigenvalue weighted by Gasteiger charge is 2.51. The number of aliphatic carboxylic acids is 1. The summed E-state index contributed by atoms with van der Waals surface area (Å²) < 4.78 is 27.0. The van der Waals surface area contributed by atoms with E-state index in [1.807, 2.05) is 13.8 Å². The molecule has 2 N–H and O–H groups in total. The lowest BCUT2D eigenvalue weighted by Gasteiger charge is -2.43. The Morgan fingerprint density at radius 1 is 1.03 bits per heavy atom. The van der Waals surface area contributed by atoms with Gasteiger partial charge in [0.1, 0.15) is 5.76 Å². The summed E-state index contributed by atoms with van der Waals surface area (Å²) in [5.74, 6) is -4.20. The van der Waals surface area contributed by atoms with Gasteiger partial charge in [0.2, 0.25) is 0 Å². The second kappa shape index (κ2) is 12.3. The Labute approximate surface area is 213 Å². The fourth-order valence-electron chi connectivity index (χ4n) is 4.08. The summed E-state index contributed by atoms with van der Waals surface area (Å²) in [6.07, 6.45) is -4.79. The van der Waals surface area contributed by atoms with Crippen LogP contribution in [0.25, 0.3) is 0 Å². The number of esters is 3. The van der Waals surface area contributed by atoms with Gasteiger partial charge < -0.3 is 33.9 Å². The third-order valence-electron chi connectivity index (χ3n) is 5.62. The molecule has 13 heteroatoms. The van der Waals surface area contributed by atoms with Crippen molar-refractivity contribution in [1.82, 2.24) is 0 Å². The van der Waals surface area contributed by atoms with Crippen molar-refractivity contribution in [3.05, 3.63) is 11.3 Å². The number of ether oxygens (including phenoxy) is 5. The van der Waals surface area contributed by atoms with E-state index >= 15 is 0 Å². The topological polar surface area (TPSA) is 184 Å². The van der Waals surface area contributed by atoms with E-state index in [1.165, 1.54) is 6.92 Å². The fourth-order valence-corrected chi connectivity index (χ4v) is 4.08. The Balaban J connectivity index is 2.26. The van der Waals surface area contributed by atoms with Gasteiger partial charge >= 0.3 is 23.9 Å². The molecule has 0 saturated carbocycles. The minimum atomic E-state index is -1.53. The predicted octanol–water partition coefficient (Wildman–Crippen LogP) is 1.27. The number of carboxylic acids is 1. The number of carbonyl (C=O) groups excluding carboxylic acids is 4. The number of allylic oxidation sites excluding steroid dienone is 2. The molecular formula is C24H33NO12. The fraction of sp³-hybridized carbons (Fsp3) is 0.667. The Kier molecular flexibility index (Phi) is 9.93. The maximum absolute atomic E-state index is 12.4. The molecule has 0 spiro atoms. The SMILES string of the molecule is CC(=O)O[C@H]1[C@H](OC(C)=O)[C@H](OC[C@H](N=CC2=C(O)CC(C)(C)CC2=O)C(=O)O)O[C@@H](C)[C@H]1OC(C)=O. The highest BCUT2D eigenvalue weighted by molar-refractivity contribution is 6.14. The van der Waals surface area contributed by atoms with Gasteiger partial charge in [0, 0.05) is 39.8 Å². The molecule has 2 aliphatic rings. The van der Waals surface area contributed by atoms with Crippen LogP contribution in [0.1, 0.15) is 54.4 Å². The lowest BCUT2D eigenvalue weighted by Crippen LogP contribution is -2.61. The average molecular weight is 528 g/mol. The van der Waals surface area contributed by atoms with Gasteiger partial charge in [0.05, 0.1) is 18.3 Å². The first-order valence-corrected chi connectivity index (χ1v) is 11.6. The minimum Gasteiger partial charge on any atom is -0.511 e. The number of aliphatic hydroxyl groups excluding tert-OH is 1. The van der Waals surface area contributed by atoms with Crippen molar-refractivity contribution in [2.75, 3.05) is 6.61 Å². The number of nitrogens with zero attached hydrogens (tertiary/aromatic N) is 1. The van der Waals surface area contributed by atoms with Gasteiger partial charge in [-0.25, -0.2) is 4.79 Å². The van der Waals surface area contributed by atoms with Gasteiger partial charge in [-0.15, -0.1) is 0 Å². The molecule has 1 saturated heterocycles. The van der Waals surface area contributed by atoms with E-state index in [1.54, 1.807) is 0 Å². The van der Waals surface area contributed by atoms with E-state index in [9.17, 15) is 34.2 Å². The standard InChI is InChI=1S/C24H33NO12/c1-11-19(35-12(2)26)20(36-13(3)27)21(37-14(4)28)23(34-11)33-10-16(22(31)32)25-9-15-17(29)7-24(5,6)8-18(15)30/h9,11,16,19-21,23,29H,7-8,10H2,1-6H3,(H,31,32)/t11-,16-,19+,20+,21-,23+/m0/s1. The molecule has 0 aromatic carbocycles. The zero-order chi connectivity index (χ0) is 28.1. The molecule has 0 radical (unpaired) electrons. The first-order valence-electron chi connectivity index (χ1n) is 11.6. The van der Waals surface area contributed by atoms with Crippen LogP contribution in [-0.4, -0.2) is 89.4 Å². The van der Waals surface area contributed by atoms with Crippen LogP contribution < -0.4 is 0 Å². The van der Waals surface area contributed by atoms with Crippen LogP contribution in [0.15, 0.2) is 16.3 Å². The first-order chi connectivity index (χ1) is 17.1. The molecule has 0 aromatic rings. The monoisotopic (exact) mass is 527 g/mol. The summed E-state index contributed by atoms with van der Waals surface area (Å²) in [6, 6.07) is -1.53. The van der Waals surface area contributed by atoms with Gasteiger partial charge in [0.15, 0.2) is 36.4 Å². The van der Waals surface area contributed by atoms with Gasteiger partial charge in [-0.3, -0.25) is 24.2 Å². The number of ketones is 1. The van der Waals surface area contributed by atoms with E-state index < -0.39 is 72.6 Å². The molecule has 6 atom stereocenters. The molecule has 1 fully saturated rings. The Bertz CT molecular complexity index is 984. The van der Waals surface area contributed by atoms with E-state index in [-0.39, 0.29) is 30.0 Å². The van der Waals surface area contributed by atoms with Crippen molar-refractivity contribution in [3.63, 3.8) is 0 Å². The number of carbonyl (C=O) groups is 5. The predicted molar refractivity (Wildman–Crippen MR) is 125 cm³/mol. The smallest absolute Gasteiger partial charge is 0.330 e. The van der Waals surface area contributed by atoms with Crippen LogP contribution in [0, 0.1) is 5.41 Å². The van der Waals surface area contributed by atoms with Crippen molar-refractivity contribution in [1.29, 1.82) is 0 Å².